The first kappa shape index (κ1) is 23.4. The van der Waals surface area contributed by atoms with Crippen LogP contribution in [0.25, 0.3) is 22.0 Å². The van der Waals surface area contributed by atoms with Crippen LogP contribution in [-0.4, -0.2) is 0 Å². The maximum absolute atomic E-state index is 6.92. The van der Waals surface area contributed by atoms with Gasteiger partial charge in [0, 0.05) is 17.0 Å². The second-order valence-electron chi connectivity index (χ2n) is 11.6. The minimum atomic E-state index is 0.550. The number of hydrogen-bond acceptors (Lipinski definition) is 1. The molecule has 1 fully saturated rings. The first-order valence-corrected chi connectivity index (χ1v) is 13.5. The molecule has 180 valence electrons. The van der Waals surface area contributed by atoms with Crippen molar-refractivity contribution in [2.24, 2.45) is 18.4 Å². The van der Waals surface area contributed by atoms with Crippen molar-refractivity contribution < 1.29 is 9.30 Å². The first-order chi connectivity index (χ1) is 16.3. The zero-order valence-corrected chi connectivity index (χ0v) is 22.3. The molecule has 1 aliphatic carbocycles. The van der Waals surface area contributed by atoms with Gasteiger partial charge in [0.05, 0.1) is 5.56 Å². The van der Waals surface area contributed by atoms with Crippen LogP contribution in [0.1, 0.15) is 94.4 Å². The monoisotopic (exact) mass is 456 g/mol. The van der Waals surface area contributed by atoms with Crippen molar-refractivity contribution in [2.45, 2.75) is 92.4 Å². The normalized spacial score (nSPS) is 17.2. The molecule has 34 heavy (non-hydrogen) atoms. The zero-order valence-electron chi connectivity index (χ0n) is 22.3. The molecule has 2 nitrogen and oxygen atoms in total. The summed E-state index contributed by atoms with van der Waals surface area (Å²) in [6.45, 7) is 13.9. The zero-order chi connectivity index (χ0) is 24.2. The summed E-state index contributed by atoms with van der Waals surface area (Å²) in [6, 6.07) is 9.42. The molecule has 1 aromatic heterocycles. The van der Waals surface area contributed by atoms with Crippen molar-refractivity contribution >= 4 is 10.8 Å². The Morgan fingerprint density at radius 1 is 1.06 bits per heavy atom. The van der Waals surface area contributed by atoms with Crippen LogP contribution in [0.2, 0.25) is 0 Å². The maximum Gasteiger partial charge on any atom is 0.256 e. The van der Waals surface area contributed by atoms with Crippen LogP contribution >= 0.6 is 0 Å². The number of hydrogen-bond donors (Lipinski definition) is 0. The summed E-state index contributed by atoms with van der Waals surface area (Å²) in [5.41, 5.74) is 8.72. The van der Waals surface area contributed by atoms with Gasteiger partial charge in [0.25, 0.3) is 5.69 Å². The number of aryl methyl sites for hydroxylation is 2. The molecule has 1 saturated carbocycles. The smallest absolute Gasteiger partial charge is 0.256 e. The molecule has 0 bridgehead atoms. The highest BCUT2D eigenvalue weighted by Crippen LogP contribution is 2.53. The molecule has 0 unspecified atom stereocenters. The average Bonchev–Trinajstić information content (AvgIpc) is 2.81. The minimum absolute atomic E-state index is 0.550. The predicted octanol–water partition coefficient (Wildman–Crippen LogP) is 8.72. The number of aromatic nitrogens is 1. The minimum Gasteiger partial charge on any atom is -0.449 e. The molecule has 5 rings (SSSR count). The molecule has 2 aliphatic rings. The number of fused-ring (bicyclic) bond motifs is 2. The highest BCUT2D eigenvalue weighted by atomic mass is 16.5. The van der Waals surface area contributed by atoms with E-state index in [-0.39, 0.29) is 0 Å². The maximum atomic E-state index is 6.92. The highest BCUT2D eigenvalue weighted by Gasteiger charge is 2.38. The van der Waals surface area contributed by atoms with Crippen molar-refractivity contribution in [1.82, 2.24) is 0 Å². The lowest BCUT2D eigenvalue weighted by molar-refractivity contribution is -0.660. The fourth-order valence-corrected chi connectivity index (χ4v) is 6.74. The van der Waals surface area contributed by atoms with Gasteiger partial charge in [-0.1, -0.05) is 52.7 Å². The Morgan fingerprint density at radius 3 is 2.41 bits per heavy atom. The second-order valence-corrected chi connectivity index (χ2v) is 11.6. The Morgan fingerprint density at radius 2 is 1.76 bits per heavy atom. The van der Waals surface area contributed by atoms with Gasteiger partial charge in [0.15, 0.2) is 6.20 Å². The molecule has 2 aromatic carbocycles. The Hall–Kier alpha value is -2.35. The van der Waals surface area contributed by atoms with Gasteiger partial charge in [-0.2, -0.15) is 4.57 Å². The molecule has 0 amide bonds. The summed E-state index contributed by atoms with van der Waals surface area (Å²) in [5, 5.41) is 2.60. The summed E-state index contributed by atoms with van der Waals surface area (Å²) < 4.78 is 9.20. The van der Waals surface area contributed by atoms with E-state index in [9.17, 15) is 0 Å². The van der Waals surface area contributed by atoms with E-state index in [1.807, 2.05) is 0 Å². The molecule has 0 atom stereocenters. The van der Waals surface area contributed by atoms with Gasteiger partial charge >= 0.3 is 0 Å². The molecule has 0 N–H and O–H groups in total. The Balaban J connectivity index is 1.67. The van der Waals surface area contributed by atoms with Crippen molar-refractivity contribution in [3.8, 4) is 22.8 Å². The summed E-state index contributed by atoms with van der Waals surface area (Å²) >= 11 is 0. The van der Waals surface area contributed by atoms with Crippen LogP contribution in [0.4, 0.5) is 0 Å². The molecule has 0 radical (unpaired) electrons. The van der Waals surface area contributed by atoms with Crippen LogP contribution in [0.5, 0.6) is 11.5 Å². The molecule has 2 heteroatoms. The van der Waals surface area contributed by atoms with Gasteiger partial charge in [0.1, 0.15) is 12.8 Å². The number of nitrogens with zero attached hydrogens (tertiary/aromatic N) is 1. The quantitative estimate of drug-likeness (QED) is 0.274. The Kier molecular flexibility index (Phi) is 5.99. The molecule has 0 saturated heterocycles. The number of ether oxygens (including phenoxy) is 1. The third kappa shape index (κ3) is 3.74. The predicted molar refractivity (Wildman–Crippen MR) is 143 cm³/mol. The van der Waals surface area contributed by atoms with Crippen LogP contribution in [-0.2, 0) is 13.5 Å². The first-order valence-electron chi connectivity index (χ1n) is 13.5. The fourth-order valence-electron chi connectivity index (χ4n) is 6.74. The third-order valence-corrected chi connectivity index (χ3v) is 9.17. The molecule has 2 heterocycles. The van der Waals surface area contributed by atoms with E-state index in [4.69, 9.17) is 4.74 Å². The number of rotatable bonds is 5. The second kappa shape index (κ2) is 8.70. The number of benzene rings is 2. The van der Waals surface area contributed by atoms with Crippen molar-refractivity contribution in [3.63, 3.8) is 0 Å². The van der Waals surface area contributed by atoms with Crippen LogP contribution in [0, 0.1) is 25.2 Å². The van der Waals surface area contributed by atoms with Gasteiger partial charge in [0.2, 0.25) is 5.75 Å². The highest BCUT2D eigenvalue weighted by molar-refractivity contribution is 6.05. The van der Waals surface area contributed by atoms with Crippen molar-refractivity contribution in [1.29, 1.82) is 0 Å². The van der Waals surface area contributed by atoms with E-state index in [1.54, 1.807) is 0 Å². The van der Waals surface area contributed by atoms with Gasteiger partial charge in [-0.05, 0) is 91.3 Å². The van der Waals surface area contributed by atoms with E-state index < -0.39 is 0 Å². The van der Waals surface area contributed by atoms with Crippen LogP contribution in [0.15, 0.2) is 30.5 Å². The standard InChI is InChI=1S/C32H42NO/c1-8-32(9-2)13-10-24(11-14-32)26-12-15-33(7)30-28-22(6)21(5)17-25-18-23(16-20(3)4)19-27(29(25)28)34-31(26)30/h12,15,17-20,24H,8-11,13-14,16H2,1-7H3/q+1. The summed E-state index contributed by atoms with van der Waals surface area (Å²) in [4.78, 5) is 0. The van der Waals surface area contributed by atoms with Gasteiger partial charge in [-0.15, -0.1) is 0 Å². The molecular formula is C32H42NO+. The van der Waals surface area contributed by atoms with Crippen LogP contribution < -0.4 is 9.30 Å². The fraction of sp³-hybridized carbons (Fsp3) is 0.531. The van der Waals surface area contributed by atoms with Crippen molar-refractivity contribution in [3.05, 3.63) is 52.7 Å². The Labute approximate surface area is 206 Å². The summed E-state index contributed by atoms with van der Waals surface area (Å²) in [5.74, 6) is 3.37. The van der Waals surface area contributed by atoms with Gasteiger partial charge < -0.3 is 4.74 Å². The summed E-state index contributed by atoms with van der Waals surface area (Å²) in [7, 11) is 2.18. The third-order valence-electron chi connectivity index (χ3n) is 9.17. The molecule has 0 spiro atoms. The molecule has 3 aromatic rings. The lowest BCUT2D eigenvalue weighted by atomic mass is 9.66. The van der Waals surface area contributed by atoms with Gasteiger partial charge in [-0.3, -0.25) is 0 Å². The molecular weight excluding hydrogens is 414 g/mol. The van der Waals surface area contributed by atoms with Gasteiger partial charge in [-0.25, -0.2) is 0 Å². The number of pyridine rings is 1. The topological polar surface area (TPSA) is 13.1 Å². The SMILES string of the molecule is CCC1(CC)CCC(c2cc[n+](C)c3c2Oc2cc(CC(C)C)cc4cc(C)c(C)c-3c24)CC1. The van der Waals surface area contributed by atoms with E-state index in [0.717, 1.165) is 17.9 Å². The van der Waals surface area contributed by atoms with Crippen LogP contribution in [0.3, 0.4) is 0 Å². The lowest BCUT2D eigenvalue weighted by Gasteiger charge is -2.39. The van der Waals surface area contributed by atoms with E-state index in [2.05, 4.69) is 83.6 Å². The summed E-state index contributed by atoms with van der Waals surface area (Å²) in [6.07, 6.45) is 11.2. The van der Waals surface area contributed by atoms with E-state index in [0.29, 0.717) is 17.3 Å². The van der Waals surface area contributed by atoms with Crippen molar-refractivity contribution in [2.75, 3.05) is 0 Å². The lowest BCUT2D eigenvalue weighted by Crippen LogP contribution is -2.33. The molecule has 1 aliphatic heterocycles. The van der Waals surface area contributed by atoms with E-state index >= 15 is 0 Å². The van der Waals surface area contributed by atoms with E-state index in [1.165, 1.54) is 82.8 Å². The Bertz CT molecular complexity index is 1240. The largest absolute Gasteiger partial charge is 0.449 e. The average molecular weight is 457 g/mol.